The first-order valence-electron chi connectivity index (χ1n) is 9.77. The van der Waals surface area contributed by atoms with Gasteiger partial charge in [-0.15, -0.1) is 10.2 Å². The largest absolute Gasteiger partial charge is 0.497 e. The fraction of sp³-hybridized carbons (Fsp3) is 0.550. The number of aromatic nitrogens is 2. The second kappa shape index (κ2) is 8.45. The van der Waals surface area contributed by atoms with Crippen LogP contribution < -0.4 is 14.8 Å². The Morgan fingerprint density at radius 2 is 2.07 bits per heavy atom. The number of carbonyl (C=O) groups is 1. The minimum atomic E-state index is -0.0509. The molecule has 150 valence electrons. The van der Waals surface area contributed by atoms with E-state index in [0.717, 1.165) is 41.5 Å². The highest BCUT2D eigenvalue weighted by Gasteiger charge is 2.30. The molecule has 28 heavy (non-hydrogen) atoms. The lowest BCUT2D eigenvalue weighted by Gasteiger charge is -2.25. The van der Waals surface area contributed by atoms with Crippen LogP contribution in [0.15, 0.2) is 18.2 Å². The number of methoxy groups -OCH3 is 2. The third-order valence-corrected chi connectivity index (χ3v) is 6.65. The van der Waals surface area contributed by atoms with Crippen LogP contribution in [0.25, 0.3) is 0 Å². The van der Waals surface area contributed by atoms with Crippen LogP contribution in [0.1, 0.15) is 54.6 Å². The monoisotopic (exact) mass is 402 g/mol. The van der Waals surface area contributed by atoms with E-state index in [4.69, 9.17) is 9.47 Å². The average molecular weight is 403 g/mol. The molecule has 1 aromatic heterocycles. The average Bonchev–Trinajstić information content (AvgIpc) is 3.29. The first-order chi connectivity index (χ1) is 13.7. The van der Waals surface area contributed by atoms with Crippen LogP contribution in [0.3, 0.4) is 0 Å². The van der Waals surface area contributed by atoms with E-state index in [9.17, 15) is 4.79 Å². The fourth-order valence-electron chi connectivity index (χ4n) is 3.92. The normalized spacial score (nSPS) is 20.0. The molecule has 8 heteroatoms. The molecule has 1 saturated carbocycles. The molecule has 2 aromatic rings. The highest BCUT2D eigenvalue weighted by atomic mass is 32.1. The van der Waals surface area contributed by atoms with Gasteiger partial charge in [-0.3, -0.25) is 15.0 Å². The number of carbonyl (C=O) groups excluding carboxylic acids is 1. The summed E-state index contributed by atoms with van der Waals surface area (Å²) in [5, 5.41) is 12.9. The number of hydrogen-bond acceptors (Lipinski definition) is 7. The van der Waals surface area contributed by atoms with Gasteiger partial charge in [0.1, 0.15) is 16.5 Å². The van der Waals surface area contributed by atoms with Gasteiger partial charge < -0.3 is 9.47 Å². The van der Waals surface area contributed by atoms with Crippen molar-refractivity contribution in [3.8, 4) is 11.5 Å². The van der Waals surface area contributed by atoms with Crippen LogP contribution in [0.2, 0.25) is 0 Å². The van der Waals surface area contributed by atoms with E-state index in [-0.39, 0.29) is 11.9 Å². The van der Waals surface area contributed by atoms with E-state index in [1.807, 2.05) is 18.2 Å². The highest BCUT2D eigenvalue weighted by molar-refractivity contribution is 7.15. The Morgan fingerprint density at radius 1 is 1.21 bits per heavy atom. The molecule has 0 bridgehead atoms. The van der Waals surface area contributed by atoms with Crippen LogP contribution in [0.5, 0.6) is 11.5 Å². The van der Waals surface area contributed by atoms with Crippen molar-refractivity contribution in [2.75, 3.05) is 32.6 Å². The summed E-state index contributed by atoms with van der Waals surface area (Å²) in [6, 6.07) is 5.96. The second-order valence-electron chi connectivity index (χ2n) is 7.36. The predicted octanol–water partition coefficient (Wildman–Crippen LogP) is 3.60. The van der Waals surface area contributed by atoms with Gasteiger partial charge in [0, 0.05) is 17.5 Å². The zero-order chi connectivity index (χ0) is 19.5. The lowest BCUT2D eigenvalue weighted by molar-refractivity contribution is -0.117. The molecule has 2 aliphatic rings. The van der Waals surface area contributed by atoms with Crippen LogP contribution in [0.4, 0.5) is 5.13 Å². The van der Waals surface area contributed by atoms with Gasteiger partial charge in [0.05, 0.1) is 20.8 Å². The van der Waals surface area contributed by atoms with E-state index in [2.05, 4.69) is 20.4 Å². The van der Waals surface area contributed by atoms with Crippen LogP contribution in [-0.4, -0.2) is 48.3 Å². The molecule has 2 heterocycles. The summed E-state index contributed by atoms with van der Waals surface area (Å²) in [5.74, 6) is 2.11. The maximum atomic E-state index is 12.6. The molecule has 7 nitrogen and oxygen atoms in total. The number of benzene rings is 1. The smallest absolute Gasteiger partial charge is 0.240 e. The molecule has 1 amide bonds. The minimum Gasteiger partial charge on any atom is -0.497 e. The van der Waals surface area contributed by atoms with E-state index in [1.54, 1.807) is 14.2 Å². The number of ether oxygens (including phenoxy) is 2. The van der Waals surface area contributed by atoms with Gasteiger partial charge >= 0.3 is 0 Å². The first kappa shape index (κ1) is 19.1. The van der Waals surface area contributed by atoms with Crippen LogP contribution in [-0.2, 0) is 4.79 Å². The highest BCUT2D eigenvalue weighted by Crippen LogP contribution is 2.40. The van der Waals surface area contributed by atoms with Crippen molar-refractivity contribution in [3.05, 3.63) is 28.8 Å². The number of nitrogens with one attached hydrogen (secondary N) is 1. The summed E-state index contributed by atoms with van der Waals surface area (Å²) < 4.78 is 10.9. The quantitative estimate of drug-likeness (QED) is 0.763. The molecule has 0 unspecified atom stereocenters. The molecule has 1 aromatic carbocycles. The van der Waals surface area contributed by atoms with Crippen LogP contribution in [0, 0.1) is 0 Å². The maximum Gasteiger partial charge on any atom is 0.240 e. The summed E-state index contributed by atoms with van der Waals surface area (Å²) >= 11 is 1.50. The lowest BCUT2D eigenvalue weighted by atomic mass is 9.86. The Bertz CT molecular complexity index is 837. The molecule has 1 N–H and O–H groups in total. The molecule has 1 aliphatic carbocycles. The van der Waals surface area contributed by atoms with Crippen molar-refractivity contribution in [2.45, 2.75) is 44.1 Å². The molecular weight excluding hydrogens is 376 g/mol. The molecule has 4 rings (SSSR count). The van der Waals surface area contributed by atoms with Gasteiger partial charge in [0.2, 0.25) is 11.0 Å². The number of amides is 1. The number of anilines is 1. The zero-order valence-electron chi connectivity index (χ0n) is 16.3. The topological polar surface area (TPSA) is 76.6 Å². The number of hydrogen-bond donors (Lipinski definition) is 1. The van der Waals surface area contributed by atoms with Crippen molar-refractivity contribution in [1.29, 1.82) is 0 Å². The molecule has 0 spiro atoms. The van der Waals surface area contributed by atoms with E-state index < -0.39 is 0 Å². The van der Waals surface area contributed by atoms with Gasteiger partial charge in [-0.25, -0.2) is 0 Å². The number of likely N-dealkylation sites (tertiary alicyclic amines) is 1. The number of nitrogens with zero attached hydrogens (tertiary/aromatic N) is 3. The summed E-state index contributed by atoms with van der Waals surface area (Å²) in [6.45, 7) is 1.20. The van der Waals surface area contributed by atoms with Crippen LogP contribution >= 0.6 is 11.3 Å². The standard InChI is InChI=1S/C20H26N4O3S/c1-26-14-8-9-17(27-2)15(11-14)16-7-4-10-24(16)12-18(25)21-20-23-22-19(28-20)13-5-3-6-13/h8-9,11,13,16H,3-7,10,12H2,1-2H3,(H,21,23,25)/t16-/m1/s1. The van der Waals surface area contributed by atoms with Gasteiger partial charge in [-0.1, -0.05) is 17.8 Å². The van der Waals surface area contributed by atoms with Crippen molar-refractivity contribution in [3.63, 3.8) is 0 Å². The molecular formula is C20H26N4O3S. The SMILES string of the molecule is COc1ccc(OC)c([C@H]2CCCN2CC(=O)Nc2nnc(C3CCC3)s2)c1. The summed E-state index contributed by atoms with van der Waals surface area (Å²) in [4.78, 5) is 14.8. The summed E-state index contributed by atoms with van der Waals surface area (Å²) in [7, 11) is 3.33. The molecule has 1 aliphatic heterocycles. The molecule has 1 atom stereocenters. The van der Waals surface area contributed by atoms with Crippen molar-refractivity contribution in [1.82, 2.24) is 15.1 Å². The van der Waals surface area contributed by atoms with Crippen molar-refractivity contribution < 1.29 is 14.3 Å². The molecule has 2 fully saturated rings. The Balaban J connectivity index is 1.42. The Hall–Kier alpha value is -2.19. The fourth-order valence-corrected chi connectivity index (χ4v) is 4.84. The molecule has 1 saturated heterocycles. The number of rotatable bonds is 7. The van der Waals surface area contributed by atoms with Gasteiger partial charge in [0.15, 0.2) is 0 Å². The maximum absolute atomic E-state index is 12.6. The van der Waals surface area contributed by atoms with E-state index in [0.29, 0.717) is 17.6 Å². The van der Waals surface area contributed by atoms with E-state index >= 15 is 0 Å². The lowest BCUT2D eigenvalue weighted by Crippen LogP contribution is -2.33. The summed E-state index contributed by atoms with van der Waals surface area (Å²) in [6.07, 6.45) is 5.65. The van der Waals surface area contributed by atoms with Crippen molar-refractivity contribution in [2.24, 2.45) is 0 Å². The van der Waals surface area contributed by atoms with Gasteiger partial charge in [-0.2, -0.15) is 0 Å². The van der Waals surface area contributed by atoms with Gasteiger partial charge in [0.25, 0.3) is 0 Å². The summed E-state index contributed by atoms with van der Waals surface area (Å²) in [5.41, 5.74) is 1.07. The second-order valence-corrected chi connectivity index (χ2v) is 8.37. The molecule has 0 radical (unpaired) electrons. The first-order valence-corrected chi connectivity index (χ1v) is 10.6. The van der Waals surface area contributed by atoms with Gasteiger partial charge in [-0.05, 0) is 50.4 Å². The minimum absolute atomic E-state index is 0.0509. The third-order valence-electron chi connectivity index (χ3n) is 5.65. The zero-order valence-corrected chi connectivity index (χ0v) is 17.1. The Kier molecular flexibility index (Phi) is 5.77. The Morgan fingerprint density at radius 3 is 2.79 bits per heavy atom. The Labute approximate surface area is 169 Å². The van der Waals surface area contributed by atoms with Crippen molar-refractivity contribution >= 4 is 22.4 Å². The van der Waals surface area contributed by atoms with E-state index in [1.165, 1.54) is 30.6 Å². The third kappa shape index (κ3) is 3.98. The predicted molar refractivity (Wildman–Crippen MR) is 108 cm³/mol.